The zero-order valence-electron chi connectivity index (χ0n) is 17.8. The number of nitrogens with zero attached hydrogens (tertiary/aromatic N) is 4. The number of benzene rings is 1. The first kappa shape index (κ1) is 18.8. The fourth-order valence-electron chi connectivity index (χ4n) is 4.87. The number of morpholine rings is 1. The monoisotopic (exact) mass is 417 g/mol. The smallest absolute Gasteiger partial charge is 0.226 e. The molecule has 1 aromatic carbocycles. The van der Waals surface area contributed by atoms with Crippen LogP contribution in [0.3, 0.4) is 0 Å². The molecule has 0 radical (unpaired) electrons. The summed E-state index contributed by atoms with van der Waals surface area (Å²) < 4.78 is 5.68. The third-order valence-electron chi connectivity index (χ3n) is 6.76. The largest absolute Gasteiger partial charge is 0.377 e. The highest BCUT2D eigenvalue weighted by Gasteiger charge is 2.36. The van der Waals surface area contributed by atoms with Crippen LogP contribution in [0.2, 0.25) is 0 Å². The predicted molar refractivity (Wildman–Crippen MR) is 119 cm³/mol. The van der Waals surface area contributed by atoms with Gasteiger partial charge >= 0.3 is 0 Å². The van der Waals surface area contributed by atoms with Crippen molar-refractivity contribution in [3.05, 3.63) is 41.7 Å². The molecule has 31 heavy (non-hydrogen) atoms. The number of carbonyl (C=O) groups is 1. The molecule has 2 aliphatic heterocycles. The number of carbonyl (C=O) groups excluding carboxylic acids is 1. The molecule has 1 N–H and O–H groups in total. The van der Waals surface area contributed by atoms with E-state index in [1.165, 1.54) is 5.56 Å². The molecule has 1 saturated heterocycles. The van der Waals surface area contributed by atoms with Crippen molar-refractivity contribution in [3.63, 3.8) is 0 Å². The number of aromatic nitrogens is 3. The summed E-state index contributed by atoms with van der Waals surface area (Å²) in [4.78, 5) is 30.6. The van der Waals surface area contributed by atoms with Gasteiger partial charge in [-0.25, -0.2) is 9.97 Å². The van der Waals surface area contributed by atoms with Crippen molar-refractivity contribution in [2.75, 3.05) is 31.2 Å². The Kier molecular flexibility index (Phi) is 4.45. The summed E-state index contributed by atoms with van der Waals surface area (Å²) in [7, 11) is 0. The Bertz CT molecular complexity index is 1150. The molecule has 0 unspecified atom stereocenters. The van der Waals surface area contributed by atoms with E-state index in [9.17, 15) is 4.79 Å². The van der Waals surface area contributed by atoms with Crippen molar-refractivity contribution in [2.24, 2.45) is 5.92 Å². The summed E-state index contributed by atoms with van der Waals surface area (Å²) in [6, 6.07) is 8.53. The summed E-state index contributed by atoms with van der Waals surface area (Å²) in [6.07, 6.45) is 4.82. The Balaban J connectivity index is 1.48. The molecule has 1 aliphatic carbocycles. The maximum absolute atomic E-state index is 12.8. The summed E-state index contributed by atoms with van der Waals surface area (Å²) in [5, 5.41) is 1.12. The number of ether oxygens (including phenoxy) is 1. The van der Waals surface area contributed by atoms with Gasteiger partial charge in [-0.3, -0.25) is 4.79 Å². The van der Waals surface area contributed by atoms with Gasteiger partial charge in [0.2, 0.25) is 5.91 Å². The first-order valence-electron chi connectivity index (χ1n) is 11.3. The Morgan fingerprint density at radius 1 is 1.19 bits per heavy atom. The first-order chi connectivity index (χ1) is 15.2. The van der Waals surface area contributed by atoms with Crippen molar-refractivity contribution >= 4 is 22.6 Å². The average Bonchev–Trinajstić information content (AvgIpc) is 3.54. The number of aromatic amines is 1. The minimum atomic E-state index is 0.232. The van der Waals surface area contributed by atoms with Crippen LogP contribution in [0.4, 0.5) is 5.82 Å². The second kappa shape index (κ2) is 7.34. The molecule has 7 nitrogen and oxygen atoms in total. The molecule has 3 aromatic rings. The predicted octanol–water partition coefficient (Wildman–Crippen LogP) is 3.14. The topological polar surface area (TPSA) is 74.3 Å². The van der Waals surface area contributed by atoms with Crippen LogP contribution in [0.1, 0.15) is 31.0 Å². The van der Waals surface area contributed by atoms with Crippen molar-refractivity contribution in [1.82, 2.24) is 19.9 Å². The number of nitrogens with one attached hydrogen (secondary N) is 1. The number of anilines is 1. The summed E-state index contributed by atoms with van der Waals surface area (Å²) >= 11 is 0. The van der Waals surface area contributed by atoms with Crippen LogP contribution < -0.4 is 4.90 Å². The van der Waals surface area contributed by atoms with Crippen LogP contribution >= 0.6 is 0 Å². The van der Waals surface area contributed by atoms with Crippen LogP contribution in [0.15, 0.2) is 30.5 Å². The fraction of sp³-hybridized carbons (Fsp3) is 0.458. The lowest BCUT2D eigenvalue weighted by Gasteiger charge is -2.38. The first-order valence-corrected chi connectivity index (χ1v) is 11.3. The van der Waals surface area contributed by atoms with Gasteiger partial charge in [-0.15, -0.1) is 0 Å². The van der Waals surface area contributed by atoms with Gasteiger partial charge in [0.15, 0.2) is 5.82 Å². The van der Waals surface area contributed by atoms with Crippen molar-refractivity contribution < 1.29 is 9.53 Å². The minimum absolute atomic E-state index is 0.232. The van der Waals surface area contributed by atoms with E-state index in [1.54, 1.807) is 0 Å². The van der Waals surface area contributed by atoms with Crippen LogP contribution in [0.25, 0.3) is 22.3 Å². The summed E-state index contributed by atoms with van der Waals surface area (Å²) in [6.45, 7) is 5.75. The van der Waals surface area contributed by atoms with E-state index in [2.05, 4.69) is 35.0 Å². The highest BCUT2D eigenvalue weighted by Crippen LogP contribution is 2.36. The zero-order chi connectivity index (χ0) is 20.9. The Morgan fingerprint density at radius 3 is 2.94 bits per heavy atom. The molecule has 7 heteroatoms. The molecule has 0 spiro atoms. The lowest BCUT2D eigenvalue weighted by atomic mass is 10.0. The van der Waals surface area contributed by atoms with Gasteiger partial charge in [-0.05, 0) is 38.3 Å². The molecule has 1 saturated carbocycles. The number of hydrogen-bond donors (Lipinski definition) is 1. The SMILES string of the molecule is C[C@@H]1COCCN1c1nc(-c2cccc3[nH]ccc23)nc2c1CCN(C(=O)C1CC1)C2. The van der Waals surface area contributed by atoms with Gasteiger partial charge in [0.1, 0.15) is 5.82 Å². The summed E-state index contributed by atoms with van der Waals surface area (Å²) in [5.74, 6) is 2.27. The maximum atomic E-state index is 12.8. The van der Waals surface area contributed by atoms with Crippen LogP contribution in [-0.2, 0) is 22.5 Å². The average molecular weight is 418 g/mol. The lowest BCUT2D eigenvalue weighted by Crippen LogP contribution is -2.46. The number of hydrogen-bond acceptors (Lipinski definition) is 5. The van der Waals surface area contributed by atoms with Gasteiger partial charge in [0, 0.05) is 47.2 Å². The van der Waals surface area contributed by atoms with Crippen molar-refractivity contribution in [3.8, 4) is 11.4 Å². The molecule has 160 valence electrons. The Labute approximate surface area is 181 Å². The minimum Gasteiger partial charge on any atom is -0.377 e. The number of fused-ring (bicyclic) bond motifs is 2. The van der Waals surface area contributed by atoms with E-state index >= 15 is 0 Å². The van der Waals surface area contributed by atoms with Crippen LogP contribution in [-0.4, -0.2) is 58.1 Å². The molecule has 0 bridgehead atoms. The summed E-state index contributed by atoms with van der Waals surface area (Å²) in [5.41, 5.74) is 4.28. The number of amides is 1. The van der Waals surface area contributed by atoms with Crippen LogP contribution in [0, 0.1) is 5.92 Å². The third-order valence-corrected chi connectivity index (χ3v) is 6.76. The molecular weight excluding hydrogens is 390 g/mol. The third kappa shape index (κ3) is 3.28. The van der Waals surface area contributed by atoms with E-state index in [1.807, 2.05) is 17.2 Å². The van der Waals surface area contributed by atoms with Gasteiger partial charge in [0.05, 0.1) is 31.5 Å². The maximum Gasteiger partial charge on any atom is 0.226 e. The second-order valence-corrected chi connectivity index (χ2v) is 8.94. The van der Waals surface area contributed by atoms with Gasteiger partial charge in [-0.1, -0.05) is 12.1 Å². The lowest BCUT2D eigenvalue weighted by molar-refractivity contribution is -0.133. The Hall–Kier alpha value is -2.93. The molecular formula is C24H27N5O2. The molecule has 3 aliphatic rings. The van der Waals surface area contributed by atoms with E-state index in [0.29, 0.717) is 25.7 Å². The van der Waals surface area contributed by atoms with E-state index in [4.69, 9.17) is 14.7 Å². The van der Waals surface area contributed by atoms with E-state index in [-0.39, 0.29) is 12.0 Å². The number of rotatable bonds is 3. The molecule has 2 fully saturated rings. The molecule has 6 rings (SSSR count). The van der Waals surface area contributed by atoms with E-state index < -0.39 is 0 Å². The quantitative estimate of drug-likeness (QED) is 0.709. The number of H-pyrrole nitrogens is 1. The standard InChI is InChI=1S/C24H27N5O2/c1-15-14-31-12-11-29(15)23-19-8-10-28(24(30)16-5-6-16)13-21(19)26-22(27-23)18-3-2-4-20-17(18)7-9-25-20/h2-4,7,9,15-16,25H,5-6,8,10-14H2,1H3/t15-/m1/s1. The van der Waals surface area contributed by atoms with Crippen LogP contribution in [0.5, 0.6) is 0 Å². The molecule has 4 heterocycles. The highest BCUT2D eigenvalue weighted by atomic mass is 16.5. The van der Waals surface area contributed by atoms with Crippen molar-refractivity contribution in [1.29, 1.82) is 0 Å². The molecule has 2 aromatic heterocycles. The zero-order valence-corrected chi connectivity index (χ0v) is 17.8. The van der Waals surface area contributed by atoms with Crippen molar-refractivity contribution in [2.45, 2.75) is 38.8 Å². The van der Waals surface area contributed by atoms with E-state index in [0.717, 1.165) is 66.2 Å². The fourth-order valence-corrected chi connectivity index (χ4v) is 4.87. The normalized spacial score (nSPS) is 21.4. The molecule has 1 amide bonds. The van der Waals surface area contributed by atoms with Gasteiger partial charge in [-0.2, -0.15) is 0 Å². The highest BCUT2D eigenvalue weighted by molar-refractivity contribution is 5.93. The van der Waals surface area contributed by atoms with Gasteiger partial charge in [0.25, 0.3) is 0 Å². The van der Waals surface area contributed by atoms with Gasteiger partial charge < -0.3 is 19.5 Å². The molecule has 1 atom stereocenters. The Morgan fingerprint density at radius 2 is 2.10 bits per heavy atom. The second-order valence-electron chi connectivity index (χ2n) is 8.94.